The van der Waals surface area contributed by atoms with Crippen LogP contribution in [0.2, 0.25) is 0 Å². The molecule has 0 fully saturated rings. The minimum atomic E-state index is 0.296. The monoisotopic (exact) mass is 280 g/mol. The minimum Gasteiger partial charge on any atom is -0.368 e. The summed E-state index contributed by atoms with van der Waals surface area (Å²) >= 11 is 2.97. The SMILES string of the molecule is Nc1nc(SCc2noc(-c3ccsc3)n2)n[nH]1. The molecule has 0 amide bonds. The second kappa shape index (κ2) is 4.78. The van der Waals surface area contributed by atoms with Crippen LogP contribution >= 0.6 is 23.1 Å². The van der Waals surface area contributed by atoms with Crippen LogP contribution in [0.15, 0.2) is 26.5 Å². The molecule has 3 heterocycles. The first kappa shape index (κ1) is 11.2. The smallest absolute Gasteiger partial charge is 0.258 e. The van der Waals surface area contributed by atoms with Crippen molar-refractivity contribution in [1.29, 1.82) is 0 Å². The van der Waals surface area contributed by atoms with E-state index >= 15 is 0 Å². The first-order valence-electron chi connectivity index (χ1n) is 4.97. The Kier molecular flexibility index (Phi) is 2.99. The third-order valence-electron chi connectivity index (χ3n) is 2.05. The summed E-state index contributed by atoms with van der Waals surface area (Å²) in [6.07, 6.45) is 0. The Morgan fingerprint density at radius 1 is 1.44 bits per heavy atom. The van der Waals surface area contributed by atoms with E-state index < -0.39 is 0 Å². The lowest BCUT2D eigenvalue weighted by Crippen LogP contribution is -1.86. The zero-order valence-corrected chi connectivity index (χ0v) is 10.7. The minimum absolute atomic E-state index is 0.296. The van der Waals surface area contributed by atoms with Crippen molar-refractivity contribution in [2.24, 2.45) is 0 Å². The van der Waals surface area contributed by atoms with Crippen molar-refractivity contribution >= 4 is 29.0 Å². The molecular weight excluding hydrogens is 272 g/mol. The third kappa shape index (κ3) is 2.36. The summed E-state index contributed by atoms with van der Waals surface area (Å²) in [5.74, 6) is 1.96. The van der Waals surface area contributed by atoms with E-state index in [0.29, 0.717) is 28.6 Å². The Morgan fingerprint density at radius 3 is 3.11 bits per heavy atom. The average Bonchev–Trinajstić information content (AvgIpc) is 3.07. The molecule has 7 nitrogen and oxygen atoms in total. The first-order valence-corrected chi connectivity index (χ1v) is 6.90. The third-order valence-corrected chi connectivity index (χ3v) is 3.58. The van der Waals surface area contributed by atoms with Crippen LogP contribution in [-0.4, -0.2) is 25.3 Å². The second-order valence-corrected chi connectivity index (χ2v) is 5.04. The van der Waals surface area contributed by atoms with Crippen LogP contribution < -0.4 is 5.73 Å². The predicted molar refractivity (Wildman–Crippen MR) is 68.0 cm³/mol. The van der Waals surface area contributed by atoms with Crippen molar-refractivity contribution in [3.63, 3.8) is 0 Å². The van der Waals surface area contributed by atoms with Crippen molar-refractivity contribution in [1.82, 2.24) is 25.3 Å². The number of rotatable bonds is 4. The maximum absolute atomic E-state index is 5.42. The van der Waals surface area contributed by atoms with Crippen LogP contribution in [0.4, 0.5) is 5.95 Å². The van der Waals surface area contributed by atoms with E-state index in [2.05, 4.69) is 25.3 Å². The molecule has 0 aliphatic carbocycles. The van der Waals surface area contributed by atoms with Crippen LogP contribution in [0, 0.1) is 0 Å². The number of H-pyrrole nitrogens is 1. The standard InChI is InChI=1S/C9H8N6OS2/c10-8-12-9(14-13-8)18-4-6-11-7(16-15-6)5-1-2-17-3-5/h1-3H,4H2,(H3,10,12,13,14). The van der Waals surface area contributed by atoms with Crippen LogP contribution in [0.3, 0.4) is 0 Å². The van der Waals surface area contributed by atoms with Gasteiger partial charge in [-0.3, -0.25) is 0 Å². The molecule has 0 radical (unpaired) electrons. The molecule has 3 aromatic heterocycles. The maximum atomic E-state index is 5.42. The van der Waals surface area contributed by atoms with Crippen molar-refractivity contribution < 1.29 is 4.52 Å². The zero-order chi connectivity index (χ0) is 12.4. The molecule has 3 aromatic rings. The number of anilines is 1. The second-order valence-electron chi connectivity index (χ2n) is 3.32. The van der Waals surface area contributed by atoms with Gasteiger partial charge in [0.15, 0.2) is 5.82 Å². The van der Waals surface area contributed by atoms with Gasteiger partial charge in [-0.15, -0.1) is 5.10 Å². The number of aromatic amines is 1. The van der Waals surface area contributed by atoms with E-state index in [1.807, 2.05) is 16.8 Å². The molecule has 0 atom stereocenters. The summed E-state index contributed by atoms with van der Waals surface area (Å²) in [5, 5.41) is 14.9. The van der Waals surface area contributed by atoms with Crippen molar-refractivity contribution in [3.05, 3.63) is 22.7 Å². The number of nitrogen functional groups attached to an aromatic ring is 1. The van der Waals surface area contributed by atoms with Crippen LogP contribution in [0.5, 0.6) is 0 Å². The Morgan fingerprint density at radius 2 is 2.39 bits per heavy atom. The zero-order valence-electron chi connectivity index (χ0n) is 9.03. The lowest BCUT2D eigenvalue weighted by atomic mass is 10.3. The molecule has 0 aromatic carbocycles. The Labute approximate surface area is 110 Å². The number of nitrogens with two attached hydrogens (primary N) is 1. The molecule has 0 spiro atoms. The molecule has 0 aliphatic heterocycles. The van der Waals surface area contributed by atoms with Gasteiger partial charge < -0.3 is 10.3 Å². The molecule has 0 saturated heterocycles. The summed E-state index contributed by atoms with van der Waals surface area (Å²) in [4.78, 5) is 8.26. The fraction of sp³-hybridized carbons (Fsp3) is 0.111. The van der Waals surface area contributed by atoms with E-state index in [1.54, 1.807) is 11.3 Å². The van der Waals surface area contributed by atoms with E-state index in [0.717, 1.165) is 5.56 Å². The molecular formula is C9H8N6OS2. The van der Waals surface area contributed by atoms with Gasteiger partial charge in [-0.25, -0.2) is 5.10 Å². The number of thiophene rings is 1. The molecule has 0 unspecified atom stereocenters. The number of hydrogen-bond donors (Lipinski definition) is 2. The molecule has 92 valence electrons. The van der Waals surface area contributed by atoms with Gasteiger partial charge in [0.2, 0.25) is 11.1 Å². The fourth-order valence-corrected chi connectivity index (χ4v) is 2.55. The highest BCUT2D eigenvalue weighted by Crippen LogP contribution is 2.22. The topological polar surface area (TPSA) is 107 Å². The van der Waals surface area contributed by atoms with Crippen molar-refractivity contribution in [2.45, 2.75) is 10.9 Å². The normalized spacial score (nSPS) is 10.9. The highest BCUT2D eigenvalue weighted by molar-refractivity contribution is 7.98. The van der Waals surface area contributed by atoms with Crippen LogP contribution in [0.1, 0.15) is 5.82 Å². The van der Waals surface area contributed by atoms with Gasteiger partial charge in [-0.05, 0) is 11.4 Å². The number of aromatic nitrogens is 5. The van der Waals surface area contributed by atoms with Gasteiger partial charge >= 0.3 is 0 Å². The first-order chi connectivity index (χ1) is 8.81. The fourth-order valence-electron chi connectivity index (χ4n) is 1.27. The van der Waals surface area contributed by atoms with E-state index in [-0.39, 0.29) is 0 Å². The van der Waals surface area contributed by atoms with E-state index in [9.17, 15) is 0 Å². The van der Waals surface area contributed by atoms with Crippen molar-refractivity contribution in [3.8, 4) is 11.5 Å². The highest BCUT2D eigenvalue weighted by Gasteiger charge is 2.10. The number of thioether (sulfide) groups is 1. The van der Waals surface area contributed by atoms with Gasteiger partial charge in [-0.1, -0.05) is 16.9 Å². The number of hydrogen-bond acceptors (Lipinski definition) is 8. The number of nitrogens with zero attached hydrogens (tertiary/aromatic N) is 4. The number of nitrogens with one attached hydrogen (secondary N) is 1. The van der Waals surface area contributed by atoms with Crippen LogP contribution in [-0.2, 0) is 5.75 Å². The summed E-state index contributed by atoms with van der Waals surface area (Å²) in [6.45, 7) is 0. The van der Waals surface area contributed by atoms with Gasteiger partial charge in [-0.2, -0.15) is 21.3 Å². The molecule has 0 saturated carbocycles. The maximum Gasteiger partial charge on any atom is 0.258 e. The molecule has 3 N–H and O–H groups in total. The van der Waals surface area contributed by atoms with E-state index in [4.69, 9.17) is 10.3 Å². The van der Waals surface area contributed by atoms with E-state index in [1.165, 1.54) is 11.8 Å². The van der Waals surface area contributed by atoms with Gasteiger partial charge in [0.25, 0.3) is 5.89 Å². The molecule has 0 bridgehead atoms. The quantitative estimate of drug-likeness (QED) is 0.701. The largest absolute Gasteiger partial charge is 0.368 e. The lowest BCUT2D eigenvalue weighted by molar-refractivity contribution is 0.425. The summed E-state index contributed by atoms with van der Waals surface area (Å²) < 4.78 is 5.16. The van der Waals surface area contributed by atoms with Gasteiger partial charge in [0.1, 0.15) is 0 Å². The Bertz CT molecular complexity index is 631. The Balaban J connectivity index is 1.67. The van der Waals surface area contributed by atoms with Crippen molar-refractivity contribution in [2.75, 3.05) is 5.73 Å². The average molecular weight is 280 g/mol. The predicted octanol–water partition coefficient (Wildman–Crippen LogP) is 1.79. The summed E-state index contributed by atoms with van der Waals surface area (Å²) in [6, 6.07) is 1.94. The van der Waals surface area contributed by atoms with Gasteiger partial charge in [0, 0.05) is 5.38 Å². The molecule has 18 heavy (non-hydrogen) atoms. The molecule has 3 rings (SSSR count). The van der Waals surface area contributed by atoms with Crippen LogP contribution in [0.25, 0.3) is 11.5 Å². The van der Waals surface area contributed by atoms with Gasteiger partial charge in [0.05, 0.1) is 11.3 Å². The molecule has 0 aliphatic rings. The Hall–Kier alpha value is -1.87. The summed E-state index contributed by atoms with van der Waals surface area (Å²) in [7, 11) is 0. The molecule has 9 heteroatoms. The highest BCUT2D eigenvalue weighted by atomic mass is 32.2. The summed E-state index contributed by atoms with van der Waals surface area (Å²) in [5.41, 5.74) is 6.36. The lowest BCUT2D eigenvalue weighted by Gasteiger charge is -1.88.